The van der Waals surface area contributed by atoms with Crippen molar-refractivity contribution in [3.8, 4) is 34.5 Å². The molecule has 0 radical (unpaired) electrons. The highest BCUT2D eigenvalue weighted by Crippen LogP contribution is 2.51. The molecule has 1 aliphatic carbocycles. The van der Waals surface area contributed by atoms with E-state index in [4.69, 9.17) is 52.1 Å². The molecule has 1 fully saturated rings. The summed E-state index contributed by atoms with van der Waals surface area (Å²) in [6.07, 6.45) is -0.153. The molecule has 0 saturated carbocycles. The van der Waals surface area contributed by atoms with Gasteiger partial charge in [-0.25, -0.2) is 14.4 Å². The van der Waals surface area contributed by atoms with Crippen LogP contribution in [0.2, 0.25) is 0 Å². The van der Waals surface area contributed by atoms with Crippen LogP contribution in [-0.2, 0) is 84.2 Å². The first kappa shape index (κ1) is 64.8. The number of phenolic OH excluding ortho intramolecular Hbond substituents is 2. The number of hydrogen-bond donors (Lipinski definition) is 4. The van der Waals surface area contributed by atoms with Crippen molar-refractivity contribution >= 4 is 17.9 Å². The number of esters is 3. The van der Waals surface area contributed by atoms with E-state index in [9.17, 15) is 25.2 Å². The zero-order valence-corrected chi connectivity index (χ0v) is 51.1. The second-order valence-electron chi connectivity index (χ2n) is 22.1. The lowest BCUT2D eigenvalue weighted by molar-refractivity contribution is -0.394. The van der Waals surface area contributed by atoms with E-state index in [1.807, 2.05) is 97.1 Å². The minimum absolute atomic E-state index is 0.0180. The van der Waals surface area contributed by atoms with Gasteiger partial charge in [-0.1, -0.05) is 212 Å². The number of carbonyl (C=O) groups is 3. The zero-order chi connectivity index (χ0) is 65.1. The first-order valence-electron chi connectivity index (χ1n) is 30.5. The fourth-order valence-corrected chi connectivity index (χ4v) is 10.5. The predicted octanol–water partition coefficient (Wildman–Crippen LogP) is 13.3. The van der Waals surface area contributed by atoms with E-state index in [0.29, 0.717) is 36.1 Å². The number of aromatic hydroxyl groups is 2. The molecular weight excluding hydrogens is 1200 g/mol. The molecular formula is C76H68O18. The molecule has 1 saturated heterocycles. The van der Waals surface area contributed by atoms with Gasteiger partial charge in [0.05, 0.1) is 43.1 Å². The number of benzene rings is 9. The maximum absolute atomic E-state index is 16.0. The molecule has 11 rings (SSSR count). The number of aliphatic hydroxyl groups is 2. The largest absolute Gasteiger partial charge is 0.506 e. The van der Waals surface area contributed by atoms with Gasteiger partial charge in [0, 0.05) is 6.61 Å². The fourth-order valence-electron chi connectivity index (χ4n) is 10.5. The second kappa shape index (κ2) is 31.1. The van der Waals surface area contributed by atoms with Gasteiger partial charge in [-0.3, -0.25) is 0 Å². The van der Waals surface area contributed by atoms with Gasteiger partial charge in [-0.2, -0.15) is 0 Å². The highest BCUT2D eigenvalue weighted by atomic mass is 16.8. The molecule has 0 amide bonds. The Hall–Kier alpha value is -10.7. The minimum atomic E-state index is -3.43. The van der Waals surface area contributed by atoms with Crippen LogP contribution in [0.3, 0.4) is 0 Å². The second-order valence-corrected chi connectivity index (χ2v) is 22.1. The molecule has 94 heavy (non-hydrogen) atoms. The topological polar surface area (TPSA) is 234 Å². The Morgan fingerprint density at radius 2 is 0.819 bits per heavy atom. The van der Waals surface area contributed by atoms with Gasteiger partial charge in [0.2, 0.25) is 11.5 Å². The van der Waals surface area contributed by atoms with Gasteiger partial charge in [0.25, 0.3) is 11.6 Å². The van der Waals surface area contributed by atoms with Crippen molar-refractivity contribution in [2.45, 2.75) is 76.8 Å². The summed E-state index contributed by atoms with van der Waals surface area (Å²) >= 11 is 0. The monoisotopic (exact) mass is 1270 g/mol. The average Bonchev–Trinajstić information content (AvgIpc) is 0.705. The lowest BCUT2D eigenvalue weighted by Gasteiger charge is -2.48. The SMILES string of the molecule is O=C(OC1CCCOC1)C1=C(OC(=O)c2cc(OCc3ccccc3)c(OCc3ccccc3)c(OCc3ccccc3)c2)[C@@](O)(OCc2ccccc2)C(OCc2ccccc2)(OCc2ccccc2)C(O)=C1COC(=O)c1cc(O)c(OCc2ccccc2)c(O)c1. The van der Waals surface area contributed by atoms with Crippen LogP contribution in [-0.4, -0.2) is 75.8 Å². The Bertz CT molecular complexity index is 3920. The van der Waals surface area contributed by atoms with Crippen LogP contribution in [0.5, 0.6) is 34.5 Å². The number of rotatable bonds is 28. The molecule has 0 aromatic heterocycles. The van der Waals surface area contributed by atoms with Crippen LogP contribution in [0.25, 0.3) is 0 Å². The van der Waals surface area contributed by atoms with Crippen LogP contribution in [0.1, 0.15) is 72.5 Å². The maximum atomic E-state index is 16.0. The standard InChI is InChI=1S/C76H68O18/c77-63-39-59(40-64(78)68(63)87-45-54-27-12-3-13-28-54)72(80)89-51-62-67(74(82)93-61-37-22-38-84-50-61)71(75(83,90-47-56-31-16-5-17-32-56)76(70(62)79,91-48-57-33-18-6-19-34-57)92-49-58-35-20-7-21-36-58)94-73(81)60-41-65(85-43-52-23-8-1-9-24-52)69(88-46-55-29-14-4-15-30-55)66(42-60)86-44-53-25-10-2-11-26-53/h1-21,23-36,39-42,61,77-79,83H,22,37-38,43-51H2/t61?,75-/m1/s1. The van der Waals surface area contributed by atoms with Gasteiger partial charge in [-0.05, 0) is 76.1 Å². The van der Waals surface area contributed by atoms with Crippen LogP contribution < -0.4 is 18.9 Å². The quantitative estimate of drug-likeness (QED) is 0.0203. The van der Waals surface area contributed by atoms with Crippen LogP contribution in [0, 0.1) is 0 Å². The molecule has 2 aliphatic rings. The zero-order valence-electron chi connectivity index (χ0n) is 51.1. The van der Waals surface area contributed by atoms with Crippen molar-refractivity contribution < 1.29 is 86.9 Å². The summed E-state index contributed by atoms with van der Waals surface area (Å²) in [5.74, 6) is -13.9. The van der Waals surface area contributed by atoms with E-state index < -0.39 is 102 Å². The first-order chi connectivity index (χ1) is 45.9. The van der Waals surface area contributed by atoms with Crippen molar-refractivity contribution in [3.05, 3.63) is 309 Å². The predicted molar refractivity (Wildman–Crippen MR) is 343 cm³/mol. The van der Waals surface area contributed by atoms with Crippen LogP contribution >= 0.6 is 0 Å². The van der Waals surface area contributed by atoms with Crippen LogP contribution in [0.15, 0.2) is 259 Å². The minimum Gasteiger partial charge on any atom is -0.506 e. The molecule has 9 aromatic carbocycles. The molecule has 2 atom stereocenters. The third-order valence-corrected chi connectivity index (χ3v) is 15.3. The van der Waals surface area contributed by atoms with E-state index in [2.05, 4.69) is 0 Å². The summed E-state index contributed by atoms with van der Waals surface area (Å²) in [7, 11) is 0. The van der Waals surface area contributed by atoms with E-state index in [1.54, 1.807) is 115 Å². The van der Waals surface area contributed by atoms with Gasteiger partial charge < -0.3 is 72.5 Å². The fraction of sp³-hybridized carbons (Fsp3) is 0.197. The highest BCUT2D eigenvalue weighted by molar-refractivity contribution is 5.98. The lowest BCUT2D eigenvalue weighted by atomic mass is 9.84. The smallest absolute Gasteiger partial charge is 0.343 e. The Morgan fingerprint density at radius 3 is 1.23 bits per heavy atom. The summed E-state index contributed by atoms with van der Waals surface area (Å²) in [6, 6.07) is 67.5. The molecule has 1 unspecified atom stereocenters. The molecule has 18 heteroatoms. The molecule has 0 spiro atoms. The van der Waals surface area contributed by atoms with E-state index in [1.165, 1.54) is 12.1 Å². The van der Waals surface area contributed by atoms with Gasteiger partial charge >= 0.3 is 17.9 Å². The Balaban J connectivity index is 1.09. The maximum Gasteiger partial charge on any atom is 0.343 e. The first-order valence-corrected chi connectivity index (χ1v) is 30.5. The van der Waals surface area contributed by atoms with Crippen LogP contribution in [0.4, 0.5) is 0 Å². The van der Waals surface area contributed by atoms with Gasteiger partial charge in [0.15, 0.2) is 34.5 Å². The summed E-state index contributed by atoms with van der Waals surface area (Å²) in [4.78, 5) is 46.1. The Kier molecular flexibility index (Phi) is 21.4. The van der Waals surface area contributed by atoms with E-state index >= 15 is 9.59 Å². The number of hydrogen-bond acceptors (Lipinski definition) is 18. The summed E-state index contributed by atoms with van der Waals surface area (Å²) < 4.78 is 70.2. The summed E-state index contributed by atoms with van der Waals surface area (Å²) in [5.41, 5.74) is 2.25. The summed E-state index contributed by atoms with van der Waals surface area (Å²) in [5, 5.41) is 50.3. The molecule has 18 nitrogen and oxygen atoms in total. The number of phenols is 2. The van der Waals surface area contributed by atoms with Gasteiger partial charge in [0.1, 0.15) is 44.7 Å². The van der Waals surface area contributed by atoms with Crippen molar-refractivity contribution in [1.82, 2.24) is 0 Å². The molecule has 1 heterocycles. The number of carbonyl (C=O) groups excluding carboxylic acids is 3. The number of ether oxygens (including phenoxy) is 11. The average molecular weight is 1270 g/mol. The molecule has 1 aliphatic heterocycles. The lowest BCUT2D eigenvalue weighted by Crippen LogP contribution is -2.64. The third kappa shape index (κ3) is 15.9. The van der Waals surface area contributed by atoms with Crippen molar-refractivity contribution in [1.29, 1.82) is 0 Å². The third-order valence-electron chi connectivity index (χ3n) is 15.3. The molecule has 480 valence electrons. The van der Waals surface area contributed by atoms with E-state index in [0.717, 1.165) is 34.4 Å². The van der Waals surface area contributed by atoms with Gasteiger partial charge in [-0.15, -0.1) is 0 Å². The molecule has 9 aromatic rings. The molecule has 0 bridgehead atoms. The highest BCUT2D eigenvalue weighted by Gasteiger charge is 2.68. The molecule has 4 N–H and O–H groups in total. The van der Waals surface area contributed by atoms with Crippen molar-refractivity contribution in [2.75, 3.05) is 19.8 Å². The Labute approximate surface area is 542 Å². The summed E-state index contributed by atoms with van der Waals surface area (Å²) in [6.45, 7) is -2.30. The number of aliphatic hydroxyl groups excluding tert-OH is 1. The van der Waals surface area contributed by atoms with Crippen molar-refractivity contribution in [2.24, 2.45) is 0 Å². The van der Waals surface area contributed by atoms with Crippen molar-refractivity contribution in [3.63, 3.8) is 0 Å². The van der Waals surface area contributed by atoms with E-state index in [-0.39, 0.29) is 61.6 Å². The Morgan fingerprint density at radius 1 is 0.436 bits per heavy atom. The normalized spacial score (nSPS) is 15.9.